The van der Waals surface area contributed by atoms with Crippen LogP contribution in [0, 0.1) is 5.41 Å². The molecule has 0 aromatic heterocycles. The summed E-state index contributed by atoms with van der Waals surface area (Å²) in [7, 11) is 3.14. The van der Waals surface area contributed by atoms with Crippen molar-refractivity contribution in [2.24, 2.45) is 5.73 Å². The van der Waals surface area contributed by atoms with E-state index in [-0.39, 0.29) is 12.5 Å². The number of guanidine groups is 1. The number of nitrogens with zero attached hydrogens (tertiary/aromatic N) is 2. The average molecular weight is 313 g/mol. The number of amides is 2. The summed E-state index contributed by atoms with van der Waals surface area (Å²) < 4.78 is 4.94. The Bertz CT molecular complexity index is 522. The summed E-state index contributed by atoms with van der Waals surface area (Å²) in [6.07, 6.45) is 0.742. The molecule has 0 saturated heterocycles. The Kier molecular flexibility index (Phi) is 6.45. The third-order valence-corrected chi connectivity index (χ3v) is 3.42. The molecule has 0 radical (unpaired) electrons. The van der Waals surface area contributed by atoms with Crippen LogP contribution < -0.4 is 10.6 Å². The van der Waals surface area contributed by atoms with E-state index in [1.807, 2.05) is 19.1 Å². The van der Waals surface area contributed by atoms with Gasteiger partial charge in [-0.3, -0.25) is 15.2 Å². The molecule has 0 spiro atoms. The first kappa shape index (κ1) is 17.3. The molecule has 0 fully saturated rings. The van der Waals surface area contributed by atoms with Crippen molar-refractivity contribution in [1.82, 2.24) is 4.90 Å². The van der Waals surface area contributed by atoms with E-state index in [1.165, 1.54) is 12.0 Å². The maximum atomic E-state index is 12.5. The molecule has 0 bridgehead atoms. The van der Waals surface area contributed by atoms with Gasteiger partial charge in [0, 0.05) is 14.2 Å². The highest BCUT2D eigenvalue weighted by Crippen LogP contribution is 2.30. The molecule has 21 heavy (non-hydrogen) atoms. The van der Waals surface area contributed by atoms with Gasteiger partial charge in [-0.1, -0.05) is 30.7 Å². The largest absolute Gasteiger partial charge is 0.383 e. The molecule has 0 aliphatic heterocycles. The Balaban J connectivity index is 3.08. The van der Waals surface area contributed by atoms with E-state index >= 15 is 0 Å². The van der Waals surface area contributed by atoms with E-state index in [1.54, 1.807) is 13.1 Å². The number of para-hydroxylation sites is 1. The highest BCUT2D eigenvalue weighted by molar-refractivity contribution is 6.34. The van der Waals surface area contributed by atoms with Crippen molar-refractivity contribution in [2.75, 3.05) is 32.2 Å². The molecular weight excluding hydrogens is 292 g/mol. The number of aryl methyl sites for hydroxylation is 1. The number of hydrogen-bond acceptors (Lipinski definition) is 3. The Labute approximate surface area is 129 Å². The lowest BCUT2D eigenvalue weighted by molar-refractivity contribution is 0.174. The number of carbonyl (C=O) groups is 1. The van der Waals surface area contributed by atoms with Gasteiger partial charge >= 0.3 is 6.03 Å². The fraction of sp³-hybridized carbons (Fsp3) is 0.429. The molecule has 0 aliphatic rings. The zero-order chi connectivity index (χ0) is 16.0. The van der Waals surface area contributed by atoms with Gasteiger partial charge in [0.1, 0.15) is 0 Å². The number of ether oxygens (including phenoxy) is 1. The molecule has 2 amide bonds. The third kappa shape index (κ3) is 4.09. The van der Waals surface area contributed by atoms with Gasteiger partial charge in [0.25, 0.3) is 0 Å². The lowest BCUT2D eigenvalue weighted by Crippen LogP contribution is -2.49. The number of anilines is 1. The van der Waals surface area contributed by atoms with Crippen molar-refractivity contribution in [3.63, 3.8) is 0 Å². The number of nitrogens with one attached hydrogen (secondary N) is 1. The summed E-state index contributed by atoms with van der Waals surface area (Å²) in [5.41, 5.74) is 7.06. The van der Waals surface area contributed by atoms with Crippen LogP contribution in [0.15, 0.2) is 18.2 Å². The molecule has 1 rings (SSSR count). The van der Waals surface area contributed by atoms with Crippen LogP contribution in [0.25, 0.3) is 0 Å². The maximum absolute atomic E-state index is 12.5. The SMILES string of the molecule is CCc1cccc(Cl)c1N(C)C(=O)N(CCOC)C(=N)N. The Morgan fingerprint density at radius 1 is 1.48 bits per heavy atom. The van der Waals surface area contributed by atoms with E-state index in [9.17, 15) is 4.79 Å². The van der Waals surface area contributed by atoms with Crippen molar-refractivity contribution in [3.05, 3.63) is 28.8 Å². The molecule has 1 aromatic carbocycles. The van der Waals surface area contributed by atoms with Crippen LogP contribution in [0.4, 0.5) is 10.5 Å². The highest BCUT2D eigenvalue weighted by Gasteiger charge is 2.24. The highest BCUT2D eigenvalue weighted by atomic mass is 35.5. The van der Waals surface area contributed by atoms with E-state index in [4.69, 9.17) is 27.5 Å². The lowest BCUT2D eigenvalue weighted by atomic mass is 10.1. The molecule has 3 N–H and O–H groups in total. The number of hydrogen-bond donors (Lipinski definition) is 2. The molecule has 6 nitrogen and oxygen atoms in total. The Hall–Kier alpha value is -1.79. The standard InChI is InChI=1S/C14H21ClN4O2/c1-4-10-6-5-7-11(15)12(10)18(2)14(20)19(13(16)17)8-9-21-3/h5-7H,4,8-9H2,1-3H3,(H3,16,17). The second kappa shape index (κ2) is 7.85. The van der Waals surface area contributed by atoms with Crippen molar-refractivity contribution >= 4 is 29.3 Å². The smallest absolute Gasteiger partial charge is 0.331 e. The zero-order valence-corrected chi connectivity index (χ0v) is 13.3. The molecule has 7 heteroatoms. The zero-order valence-electron chi connectivity index (χ0n) is 12.5. The van der Waals surface area contributed by atoms with Crippen LogP contribution in [0.1, 0.15) is 12.5 Å². The second-order valence-corrected chi connectivity index (χ2v) is 4.88. The summed E-state index contributed by atoms with van der Waals surface area (Å²) in [4.78, 5) is 15.1. The van der Waals surface area contributed by atoms with Gasteiger partial charge in [-0.2, -0.15) is 0 Å². The Morgan fingerprint density at radius 2 is 2.14 bits per heavy atom. The van der Waals surface area contributed by atoms with Crippen LogP contribution in [0.3, 0.4) is 0 Å². The van der Waals surface area contributed by atoms with Crippen molar-refractivity contribution in [1.29, 1.82) is 5.41 Å². The second-order valence-electron chi connectivity index (χ2n) is 4.47. The number of benzene rings is 1. The number of nitrogens with two attached hydrogens (primary N) is 1. The van der Waals surface area contributed by atoms with E-state index in [0.29, 0.717) is 17.3 Å². The summed E-state index contributed by atoms with van der Waals surface area (Å²) in [5, 5.41) is 8.02. The molecule has 116 valence electrons. The number of halogens is 1. The van der Waals surface area contributed by atoms with Crippen LogP contribution in [0.5, 0.6) is 0 Å². The number of urea groups is 1. The molecule has 0 atom stereocenters. The first-order valence-electron chi connectivity index (χ1n) is 6.59. The summed E-state index contributed by atoms with van der Waals surface area (Å²) >= 11 is 6.21. The van der Waals surface area contributed by atoms with Gasteiger partial charge in [-0.25, -0.2) is 4.79 Å². The predicted molar refractivity (Wildman–Crippen MR) is 85.1 cm³/mol. The van der Waals surface area contributed by atoms with Crippen LogP contribution >= 0.6 is 11.6 Å². The third-order valence-electron chi connectivity index (χ3n) is 3.11. The van der Waals surface area contributed by atoms with Crippen LogP contribution in [-0.2, 0) is 11.2 Å². The monoisotopic (exact) mass is 312 g/mol. The number of rotatable bonds is 5. The van der Waals surface area contributed by atoms with Gasteiger partial charge in [0.15, 0.2) is 5.96 Å². The normalized spacial score (nSPS) is 10.3. The van der Waals surface area contributed by atoms with Gasteiger partial charge in [0.2, 0.25) is 0 Å². The summed E-state index contributed by atoms with van der Waals surface area (Å²) in [6, 6.07) is 5.07. The van der Waals surface area contributed by atoms with E-state index < -0.39 is 6.03 Å². The van der Waals surface area contributed by atoms with E-state index in [2.05, 4.69) is 0 Å². The van der Waals surface area contributed by atoms with Gasteiger partial charge in [-0.05, 0) is 18.1 Å². The molecule has 0 aliphatic carbocycles. The quantitative estimate of drug-likeness (QED) is 0.646. The van der Waals surface area contributed by atoms with Crippen LogP contribution in [0.2, 0.25) is 5.02 Å². The minimum Gasteiger partial charge on any atom is -0.383 e. The van der Waals surface area contributed by atoms with Crippen LogP contribution in [-0.4, -0.2) is 44.2 Å². The van der Waals surface area contributed by atoms with E-state index in [0.717, 1.165) is 16.9 Å². The first-order valence-corrected chi connectivity index (χ1v) is 6.97. The molecule has 0 unspecified atom stereocenters. The molecule has 1 aromatic rings. The molecular formula is C14H21ClN4O2. The van der Waals surface area contributed by atoms with Crippen molar-refractivity contribution in [3.8, 4) is 0 Å². The molecule has 0 heterocycles. The fourth-order valence-electron chi connectivity index (χ4n) is 2.00. The molecule has 0 saturated carbocycles. The maximum Gasteiger partial charge on any atom is 0.331 e. The lowest BCUT2D eigenvalue weighted by Gasteiger charge is -2.28. The van der Waals surface area contributed by atoms with Gasteiger partial charge in [-0.15, -0.1) is 0 Å². The number of carbonyl (C=O) groups excluding carboxylic acids is 1. The van der Waals surface area contributed by atoms with Crippen molar-refractivity contribution < 1.29 is 9.53 Å². The van der Waals surface area contributed by atoms with Gasteiger partial charge < -0.3 is 10.5 Å². The Morgan fingerprint density at radius 3 is 2.67 bits per heavy atom. The summed E-state index contributed by atoms with van der Waals surface area (Å²) in [5.74, 6) is -0.325. The first-order chi connectivity index (χ1) is 9.93. The van der Waals surface area contributed by atoms with Crippen molar-refractivity contribution in [2.45, 2.75) is 13.3 Å². The average Bonchev–Trinajstić information content (AvgIpc) is 2.46. The predicted octanol–water partition coefficient (Wildman–Crippen LogP) is 2.30. The minimum atomic E-state index is -0.414. The van der Waals surface area contributed by atoms with Gasteiger partial charge in [0.05, 0.1) is 23.9 Å². The number of methoxy groups -OCH3 is 1. The topological polar surface area (TPSA) is 82.7 Å². The minimum absolute atomic E-state index is 0.209. The fourth-order valence-corrected chi connectivity index (χ4v) is 2.32. The summed E-state index contributed by atoms with van der Waals surface area (Å²) in [6.45, 7) is 2.49.